The summed E-state index contributed by atoms with van der Waals surface area (Å²) in [5.41, 5.74) is 0. The molecule has 2 saturated heterocycles. The molecule has 0 aromatic carbocycles. The van der Waals surface area contributed by atoms with Gasteiger partial charge in [-0.2, -0.15) is 0 Å². The Morgan fingerprint density at radius 3 is 2.94 bits per heavy atom. The van der Waals surface area contributed by atoms with Crippen LogP contribution in [0.3, 0.4) is 0 Å². The highest BCUT2D eigenvalue weighted by Gasteiger charge is 2.42. The second-order valence-electron chi connectivity index (χ2n) is 5.72. The van der Waals surface area contributed by atoms with E-state index in [-0.39, 0.29) is 4.75 Å². The SMILES string of the molecule is CNCCC1CCCCN1C(=O)C1(C)CCCS1. The van der Waals surface area contributed by atoms with Crippen molar-refractivity contribution in [3.8, 4) is 0 Å². The maximum Gasteiger partial charge on any atom is 0.238 e. The monoisotopic (exact) mass is 270 g/mol. The van der Waals surface area contributed by atoms with Crippen LogP contribution in [-0.4, -0.2) is 47.5 Å². The van der Waals surface area contributed by atoms with E-state index in [1.807, 2.05) is 18.8 Å². The van der Waals surface area contributed by atoms with Crippen LogP contribution in [0.1, 0.15) is 45.4 Å². The summed E-state index contributed by atoms with van der Waals surface area (Å²) in [6, 6.07) is 0.469. The second-order valence-corrected chi connectivity index (χ2v) is 7.32. The van der Waals surface area contributed by atoms with Gasteiger partial charge >= 0.3 is 0 Å². The van der Waals surface area contributed by atoms with E-state index in [1.165, 1.54) is 25.7 Å². The number of carbonyl (C=O) groups excluding carboxylic acids is 1. The summed E-state index contributed by atoms with van der Waals surface area (Å²) in [7, 11) is 1.99. The Kier molecular flexibility index (Phi) is 4.96. The Labute approximate surface area is 115 Å². The van der Waals surface area contributed by atoms with Gasteiger partial charge in [0, 0.05) is 12.6 Å². The predicted octanol–water partition coefficient (Wildman–Crippen LogP) is 2.26. The van der Waals surface area contributed by atoms with E-state index >= 15 is 0 Å². The van der Waals surface area contributed by atoms with Gasteiger partial charge in [-0.3, -0.25) is 4.79 Å². The fourth-order valence-corrected chi connectivity index (χ4v) is 4.40. The highest BCUT2D eigenvalue weighted by molar-refractivity contribution is 8.01. The Hall–Kier alpha value is -0.220. The zero-order valence-electron chi connectivity index (χ0n) is 11.7. The summed E-state index contributed by atoms with van der Waals surface area (Å²) in [5.74, 6) is 1.56. The molecule has 2 fully saturated rings. The number of thioether (sulfide) groups is 1. The second kappa shape index (κ2) is 6.29. The van der Waals surface area contributed by atoms with Crippen molar-refractivity contribution in [1.82, 2.24) is 10.2 Å². The maximum atomic E-state index is 12.8. The summed E-state index contributed by atoms with van der Waals surface area (Å²) >= 11 is 1.87. The van der Waals surface area contributed by atoms with Crippen LogP contribution >= 0.6 is 11.8 Å². The Bertz CT molecular complexity index is 290. The van der Waals surface area contributed by atoms with Gasteiger partial charge in [0.2, 0.25) is 5.91 Å². The molecule has 0 aliphatic carbocycles. The van der Waals surface area contributed by atoms with Crippen LogP contribution in [0.25, 0.3) is 0 Å². The van der Waals surface area contributed by atoms with Gasteiger partial charge < -0.3 is 10.2 Å². The maximum absolute atomic E-state index is 12.8. The molecule has 0 aromatic heterocycles. The average Bonchev–Trinajstić information content (AvgIpc) is 2.84. The van der Waals surface area contributed by atoms with E-state index in [9.17, 15) is 4.79 Å². The summed E-state index contributed by atoms with van der Waals surface area (Å²) in [4.78, 5) is 15.0. The van der Waals surface area contributed by atoms with Gasteiger partial charge in [0.05, 0.1) is 4.75 Å². The van der Waals surface area contributed by atoms with Crippen LogP contribution in [0, 0.1) is 0 Å². The minimum atomic E-state index is -0.130. The summed E-state index contributed by atoms with van der Waals surface area (Å²) in [6.07, 6.45) is 7.01. The lowest BCUT2D eigenvalue weighted by molar-refractivity contribution is -0.137. The molecule has 2 atom stereocenters. The minimum absolute atomic E-state index is 0.130. The lowest BCUT2D eigenvalue weighted by atomic mass is 9.95. The lowest BCUT2D eigenvalue weighted by Gasteiger charge is -2.40. The molecule has 2 aliphatic heterocycles. The molecule has 2 heterocycles. The molecule has 1 amide bonds. The van der Waals surface area contributed by atoms with E-state index in [2.05, 4.69) is 17.1 Å². The third-order valence-corrected chi connectivity index (χ3v) is 5.80. The van der Waals surface area contributed by atoms with Crippen molar-refractivity contribution in [3.05, 3.63) is 0 Å². The molecule has 0 spiro atoms. The van der Waals surface area contributed by atoms with E-state index < -0.39 is 0 Å². The van der Waals surface area contributed by atoms with E-state index in [1.54, 1.807) is 0 Å². The van der Waals surface area contributed by atoms with Crippen LogP contribution in [0.2, 0.25) is 0 Å². The third kappa shape index (κ3) is 3.02. The van der Waals surface area contributed by atoms with Crippen molar-refractivity contribution in [2.45, 2.75) is 56.2 Å². The standard InChI is InChI=1S/C14H26N2OS/c1-14(8-5-11-18-14)13(17)16-10-4-3-6-12(16)7-9-15-2/h12,15H,3-11H2,1-2H3. The summed E-state index contributed by atoms with van der Waals surface area (Å²) in [6.45, 7) is 4.14. The van der Waals surface area contributed by atoms with Gasteiger partial charge in [0.15, 0.2) is 0 Å². The van der Waals surface area contributed by atoms with Gasteiger partial charge in [-0.05, 0) is 64.8 Å². The van der Waals surface area contributed by atoms with Gasteiger partial charge in [-0.15, -0.1) is 11.8 Å². The Morgan fingerprint density at radius 1 is 1.44 bits per heavy atom. The zero-order chi connectivity index (χ0) is 13.0. The summed E-state index contributed by atoms with van der Waals surface area (Å²) in [5, 5.41) is 3.21. The largest absolute Gasteiger partial charge is 0.338 e. The molecule has 4 heteroatoms. The minimum Gasteiger partial charge on any atom is -0.338 e. The predicted molar refractivity (Wildman–Crippen MR) is 78.0 cm³/mol. The lowest BCUT2D eigenvalue weighted by Crippen LogP contribution is -2.51. The molecule has 2 rings (SSSR count). The van der Waals surface area contributed by atoms with E-state index in [0.717, 1.165) is 31.7 Å². The topological polar surface area (TPSA) is 32.3 Å². The molecule has 0 aromatic rings. The highest BCUT2D eigenvalue weighted by atomic mass is 32.2. The number of rotatable bonds is 4. The van der Waals surface area contributed by atoms with Crippen LogP contribution in [0.15, 0.2) is 0 Å². The molecule has 0 saturated carbocycles. The first kappa shape index (κ1) is 14.2. The van der Waals surface area contributed by atoms with Crippen LogP contribution in [0.4, 0.5) is 0 Å². The number of piperidine rings is 1. The number of carbonyl (C=O) groups is 1. The Morgan fingerprint density at radius 2 is 2.28 bits per heavy atom. The molecular weight excluding hydrogens is 244 g/mol. The van der Waals surface area contributed by atoms with Crippen molar-refractivity contribution in [2.75, 3.05) is 25.9 Å². The molecule has 18 heavy (non-hydrogen) atoms. The normalized spacial score (nSPS) is 32.8. The number of nitrogens with zero attached hydrogens (tertiary/aromatic N) is 1. The molecule has 0 bridgehead atoms. The van der Waals surface area contributed by atoms with E-state index in [4.69, 9.17) is 0 Å². The fraction of sp³-hybridized carbons (Fsp3) is 0.929. The smallest absolute Gasteiger partial charge is 0.238 e. The van der Waals surface area contributed by atoms with Gasteiger partial charge in [-0.1, -0.05) is 0 Å². The first-order valence-corrected chi connectivity index (χ1v) is 8.25. The van der Waals surface area contributed by atoms with Crippen molar-refractivity contribution < 1.29 is 4.79 Å². The number of hydrogen-bond donors (Lipinski definition) is 1. The molecule has 2 aliphatic rings. The van der Waals surface area contributed by atoms with Crippen molar-refractivity contribution in [1.29, 1.82) is 0 Å². The molecule has 0 radical (unpaired) electrons. The van der Waals surface area contributed by atoms with Gasteiger partial charge in [0.25, 0.3) is 0 Å². The zero-order valence-corrected chi connectivity index (χ0v) is 12.5. The van der Waals surface area contributed by atoms with Crippen molar-refractivity contribution in [2.24, 2.45) is 0 Å². The van der Waals surface area contributed by atoms with Crippen LogP contribution in [0.5, 0.6) is 0 Å². The van der Waals surface area contributed by atoms with Crippen molar-refractivity contribution >= 4 is 17.7 Å². The van der Waals surface area contributed by atoms with Crippen LogP contribution < -0.4 is 5.32 Å². The first-order chi connectivity index (χ1) is 8.67. The van der Waals surface area contributed by atoms with Crippen molar-refractivity contribution in [3.63, 3.8) is 0 Å². The third-order valence-electron chi connectivity index (χ3n) is 4.29. The molecule has 2 unspecified atom stereocenters. The van der Waals surface area contributed by atoms with Crippen LogP contribution in [-0.2, 0) is 4.79 Å². The molecule has 1 N–H and O–H groups in total. The number of amides is 1. The van der Waals surface area contributed by atoms with Gasteiger partial charge in [0.1, 0.15) is 0 Å². The molecular formula is C14H26N2OS. The van der Waals surface area contributed by atoms with E-state index in [0.29, 0.717) is 11.9 Å². The average molecular weight is 270 g/mol. The molecule has 104 valence electrons. The number of likely N-dealkylation sites (tertiary alicyclic amines) is 1. The summed E-state index contributed by atoms with van der Waals surface area (Å²) < 4.78 is -0.130. The number of hydrogen-bond acceptors (Lipinski definition) is 3. The van der Waals surface area contributed by atoms with Gasteiger partial charge in [-0.25, -0.2) is 0 Å². The Balaban J connectivity index is 2.01. The number of nitrogens with one attached hydrogen (secondary N) is 1. The quantitative estimate of drug-likeness (QED) is 0.850. The fourth-order valence-electron chi connectivity index (χ4n) is 3.13. The molecule has 3 nitrogen and oxygen atoms in total. The highest BCUT2D eigenvalue weighted by Crippen LogP contribution is 2.40. The first-order valence-electron chi connectivity index (χ1n) is 7.27.